The van der Waals surface area contributed by atoms with Gasteiger partial charge >= 0.3 is 0 Å². The van der Waals surface area contributed by atoms with Gasteiger partial charge in [0, 0.05) is 0 Å². The summed E-state index contributed by atoms with van der Waals surface area (Å²) in [6, 6.07) is 62.7. The first-order valence-corrected chi connectivity index (χ1v) is 24.7. The van der Waals surface area contributed by atoms with Crippen molar-refractivity contribution >= 4 is 21.5 Å². The van der Waals surface area contributed by atoms with Crippen molar-refractivity contribution in [3.05, 3.63) is 193 Å². The van der Waals surface area contributed by atoms with Crippen LogP contribution < -0.4 is 0 Å². The van der Waals surface area contributed by atoms with Crippen LogP contribution in [0.5, 0.6) is 0 Å². The molecule has 1 saturated carbocycles. The van der Waals surface area contributed by atoms with E-state index in [0.717, 1.165) is 0 Å². The monoisotopic (exact) mass is 841 g/mol. The van der Waals surface area contributed by atoms with E-state index in [9.17, 15) is 0 Å². The Morgan fingerprint density at radius 3 is 0.484 bits per heavy atom. The maximum absolute atomic E-state index is 2.17. The van der Waals surface area contributed by atoms with E-state index in [1.807, 2.05) is 147 Å². The highest BCUT2D eigenvalue weighted by molar-refractivity contribution is 5.82. The summed E-state index contributed by atoms with van der Waals surface area (Å²) in [7, 11) is 0. The summed E-state index contributed by atoms with van der Waals surface area (Å²) in [6.07, 6.45) is 9.00. The van der Waals surface area contributed by atoms with Crippen LogP contribution in [0.2, 0.25) is 0 Å². The number of hydrogen-bond acceptors (Lipinski definition) is 0. The van der Waals surface area contributed by atoms with E-state index in [-0.39, 0.29) is 0 Å². The first kappa shape index (κ1) is 66.2. The van der Waals surface area contributed by atoms with Gasteiger partial charge in [-0.3, -0.25) is 0 Å². The first-order chi connectivity index (χ1) is 30.7. The highest BCUT2D eigenvalue weighted by Gasteiger charge is 1.96. The third-order valence-electron chi connectivity index (χ3n) is 7.92. The molecule has 0 heteroatoms. The number of hydrogen-bond donors (Lipinski definition) is 0. The smallest absolute Gasteiger partial charge is 0.0184 e. The summed E-state index contributed by atoms with van der Waals surface area (Å²) in [4.78, 5) is 0. The lowest BCUT2D eigenvalue weighted by Crippen LogP contribution is -1.85. The van der Waals surface area contributed by atoms with Crippen LogP contribution >= 0.6 is 0 Å². The van der Waals surface area contributed by atoms with Gasteiger partial charge in [-0.2, -0.15) is 0 Å². The second kappa shape index (κ2) is 56.1. The maximum Gasteiger partial charge on any atom is -0.0184 e. The van der Waals surface area contributed by atoms with Gasteiger partial charge in [-0.25, -0.2) is 0 Å². The molecule has 0 amide bonds. The molecule has 0 radical (unpaired) electrons. The molecule has 0 nitrogen and oxygen atoms in total. The molecular weight excluding hydrogens is 745 g/mol. The van der Waals surface area contributed by atoms with Crippen LogP contribution in [0.4, 0.5) is 0 Å². The average Bonchev–Trinajstić information content (AvgIpc) is 3.41. The van der Waals surface area contributed by atoms with Gasteiger partial charge in [0.15, 0.2) is 0 Å². The Labute approximate surface area is 387 Å². The van der Waals surface area contributed by atoms with Gasteiger partial charge in [-0.15, -0.1) is 0 Å². The Bertz CT molecular complexity index is 1490. The molecule has 0 spiro atoms. The molecule has 344 valence electrons. The Hall–Kier alpha value is -4.94. The van der Waals surface area contributed by atoms with E-state index >= 15 is 0 Å². The van der Waals surface area contributed by atoms with Crippen LogP contribution in [0.15, 0.2) is 182 Å². The van der Waals surface area contributed by atoms with Crippen molar-refractivity contribution in [1.82, 2.24) is 0 Å². The van der Waals surface area contributed by atoms with Crippen molar-refractivity contribution in [2.45, 2.75) is 163 Å². The van der Waals surface area contributed by atoms with Crippen LogP contribution in [0.1, 0.15) is 160 Å². The largest absolute Gasteiger partial charge is 0.0683 e. The SMILES string of the molecule is C1CCCCC1.CC.CC.CC.CC.CC.CC.CC.CC.Cc1ccc(-c2ccc(C)cc2)cc1.c1ccc2ccccc2c1.c1ccc2ccccc2c1.c1ccccc1. The second-order valence-electron chi connectivity index (χ2n) is 11.7. The molecule has 7 aromatic rings. The van der Waals surface area contributed by atoms with Gasteiger partial charge in [-0.05, 0) is 46.5 Å². The van der Waals surface area contributed by atoms with Crippen LogP contribution in [0.3, 0.4) is 0 Å². The number of rotatable bonds is 1. The summed E-state index contributed by atoms with van der Waals surface area (Å²) >= 11 is 0. The molecule has 0 saturated heterocycles. The molecule has 0 bridgehead atoms. The van der Waals surface area contributed by atoms with Crippen LogP contribution in [-0.2, 0) is 0 Å². The van der Waals surface area contributed by atoms with E-state index in [2.05, 4.69) is 159 Å². The summed E-state index contributed by atoms with van der Waals surface area (Å²) in [5, 5.41) is 5.24. The number of benzene rings is 7. The molecule has 62 heavy (non-hydrogen) atoms. The fraction of sp³-hybridized carbons (Fsp3) is 0.387. The topological polar surface area (TPSA) is 0 Å². The van der Waals surface area contributed by atoms with Crippen molar-refractivity contribution in [2.24, 2.45) is 0 Å². The predicted molar refractivity (Wildman–Crippen MR) is 294 cm³/mol. The molecule has 0 heterocycles. The Morgan fingerprint density at radius 1 is 0.194 bits per heavy atom. The zero-order chi connectivity index (χ0) is 48.1. The van der Waals surface area contributed by atoms with E-state index in [1.165, 1.54) is 82.3 Å². The minimum atomic E-state index is 1.29. The van der Waals surface area contributed by atoms with Crippen LogP contribution in [-0.4, -0.2) is 0 Å². The van der Waals surface area contributed by atoms with Crippen LogP contribution in [0.25, 0.3) is 32.7 Å². The Balaban J connectivity index is -0.000000206. The number of fused-ring (bicyclic) bond motifs is 2. The standard InChI is InChI=1S/C14H14.2C10H8.C6H12.C6H6.8C2H6/c1-11-3-7-13(8-4-11)14-9-5-12(2)6-10-14;2*1-2-6-10-8-4-3-7-9(10)5-1;2*1-2-4-6-5-3-1;8*1-2/h3-10H,1-2H3;2*1-8H;1-6H2;1-6H;8*1-2H3. The van der Waals surface area contributed by atoms with E-state index in [0.29, 0.717) is 0 Å². The Kier molecular flexibility index (Phi) is 59.8. The second-order valence-corrected chi connectivity index (χ2v) is 11.7. The molecule has 7 aromatic carbocycles. The first-order valence-electron chi connectivity index (χ1n) is 24.7. The minimum Gasteiger partial charge on any atom is -0.0683 e. The van der Waals surface area contributed by atoms with Gasteiger partial charge < -0.3 is 0 Å². The number of aryl methyl sites for hydroxylation is 2. The summed E-state index contributed by atoms with van der Waals surface area (Å²) in [5.74, 6) is 0. The fourth-order valence-electron chi connectivity index (χ4n) is 5.20. The molecular formula is C62H96. The quantitative estimate of drug-likeness (QED) is 0.154. The van der Waals surface area contributed by atoms with Crippen molar-refractivity contribution in [2.75, 3.05) is 0 Å². The molecule has 1 aliphatic carbocycles. The molecule has 1 fully saturated rings. The molecule has 0 unspecified atom stereocenters. The maximum atomic E-state index is 2.17. The fourth-order valence-corrected chi connectivity index (χ4v) is 5.20. The third-order valence-corrected chi connectivity index (χ3v) is 7.92. The lowest BCUT2D eigenvalue weighted by molar-refractivity contribution is 0.504. The van der Waals surface area contributed by atoms with Crippen molar-refractivity contribution in [1.29, 1.82) is 0 Å². The highest BCUT2D eigenvalue weighted by atomic mass is 14.0. The molecule has 8 rings (SSSR count). The van der Waals surface area contributed by atoms with Crippen LogP contribution in [0, 0.1) is 13.8 Å². The summed E-state index contributed by atoms with van der Waals surface area (Å²) in [6.45, 7) is 36.2. The lowest BCUT2D eigenvalue weighted by Gasteiger charge is -2.05. The van der Waals surface area contributed by atoms with Gasteiger partial charge in [0.25, 0.3) is 0 Å². The predicted octanol–water partition coefficient (Wildman–Crippen LogP) is 21.9. The van der Waals surface area contributed by atoms with Crippen molar-refractivity contribution < 1.29 is 0 Å². The highest BCUT2D eigenvalue weighted by Crippen LogP contribution is 2.20. The third kappa shape index (κ3) is 35.8. The van der Waals surface area contributed by atoms with E-state index in [1.54, 1.807) is 0 Å². The minimum absolute atomic E-state index is 1.29. The van der Waals surface area contributed by atoms with Gasteiger partial charge in [0.2, 0.25) is 0 Å². The molecule has 0 aromatic heterocycles. The molecule has 0 atom stereocenters. The Morgan fingerprint density at radius 2 is 0.339 bits per heavy atom. The molecule has 1 aliphatic rings. The summed E-state index contributed by atoms with van der Waals surface area (Å²) < 4.78 is 0. The molecule has 0 aliphatic heterocycles. The normalized spacial score (nSPS) is 9.39. The zero-order valence-electron chi connectivity index (χ0n) is 43.6. The van der Waals surface area contributed by atoms with Gasteiger partial charge in [0.05, 0.1) is 0 Å². The van der Waals surface area contributed by atoms with E-state index < -0.39 is 0 Å². The van der Waals surface area contributed by atoms with E-state index in [4.69, 9.17) is 0 Å². The van der Waals surface area contributed by atoms with Crippen molar-refractivity contribution in [3.8, 4) is 11.1 Å². The summed E-state index contributed by atoms with van der Waals surface area (Å²) in [5.41, 5.74) is 5.19. The van der Waals surface area contributed by atoms with Crippen molar-refractivity contribution in [3.63, 3.8) is 0 Å². The molecule has 0 N–H and O–H groups in total. The average molecular weight is 841 g/mol. The lowest BCUT2D eigenvalue weighted by atomic mass is 10.0. The van der Waals surface area contributed by atoms with Gasteiger partial charge in [-0.1, -0.05) is 342 Å². The zero-order valence-corrected chi connectivity index (χ0v) is 43.6. The van der Waals surface area contributed by atoms with Gasteiger partial charge in [0.1, 0.15) is 0 Å².